The van der Waals surface area contributed by atoms with E-state index in [1.54, 1.807) is 6.20 Å². The summed E-state index contributed by atoms with van der Waals surface area (Å²) in [5.41, 5.74) is 12.0. The molecule has 13 heteroatoms. The number of hydrogen-bond acceptors (Lipinski definition) is 7. The molecule has 2 heterocycles. The van der Waals surface area contributed by atoms with Crippen molar-refractivity contribution in [2.75, 3.05) is 6.54 Å². The van der Waals surface area contributed by atoms with Gasteiger partial charge in [-0.25, -0.2) is 9.78 Å². The summed E-state index contributed by atoms with van der Waals surface area (Å²) < 4.78 is 0. The Morgan fingerprint density at radius 2 is 1.94 bits per heavy atom. The van der Waals surface area contributed by atoms with E-state index in [0.29, 0.717) is 25.1 Å². The second-order valence-corrected chi connectivity index (χ2v) is 9.17. The molecule has 0 bridgehead atoms. The number of imidazole rings is 1. The highest BCUT2D eigenvalue weighted by Crippen LogP contribution is 2.19. The van der Waals surface area contributed by atoms with E-state index in [2.05, 4.69) is 20.6 Å². The minimum atomic E-state index is -1.20. The lowest BCUT2D eigenvalue weighted by atomic mass is 10.0. The number of carbonyl (C=O) groups is 5. The van der Waals surface area contributed by atoms with Crippen LogP contribution in [0, 0.1) is 5.92 Å². The van der Waals surface area contributed by atoms with Crippen LogP contribution in [0.1, 0.15) is 51.6 Å². The fourth-order valence-corrected chi connectivity index (χ4v) is 4.03. The molecule has 13 nitrogen and oxygen atoms in total. The Labute approximate surface area is 203 Å². The van der Waals surface area contributed by atoms with Crippen LogP contribution in [0.15, 0.2) is 12.5 Å². The highest BCUT2D eigenvalue weighted by molar-refractivity contribution is 5.94. The molecule has 1 aliphatic heterocycles. The van der Waals surface area contributed by atoms with Crippen molar-refractivity contribution in [3.63, 3.8) is 0 Å². The lowest BCUT2D eigenvalue weighted by Crippen LogP contribution is -2.57. The molecule has 0 saturated carbocycles. The summed E-state index contributed by atoms with van der Waals surface area (Å²) in [5.74, 6) is -3.59. The standard InChI is InChI=1S/C22H35N7O6/c1-12(2)8-16(22(34)35)28-19(31)15(5-6-18(24)30)27-20(32)17-4-3-7-29(17)21(33)14(23)9-13-10-25-11-26-13/h10-12,14-17H,3-9,23H2,1-2H3,(H2,24,30)(H,25,26)(H,27,32)(H,28,31)(H,34,35). The van der Waals surface area contributed by atoms with Gasteiger partial charge in [-0.2, -0.15) is 0 Å². The maximum Gasteiger partial charge on any atom is 0.326 e. The van der Waals surface area contributed by atoms with Crippen molar-refractivity contribution in [1.29, 1.82) is 0 Å². The normalized spacial score (nSPS) is 18.1. The maximum atomic E-state index is 13.1. The third-order valence-corrected chi connectivity index (χ3v) is 5.78. The molecule has 194 valence electrons. The molecule has 4 atom stereocenters. The maximum absolute atomic E-state index is 13.1. The zero-order valence-electron chi connectivity index (χ0n) is 20.0. The summed E-state index contributed by atoms with van der Waals surface area (Å²) in [4.78, 5) is 69.9. The number of amides is 4. The van der Waals surface area contributed by atoms with Gasteiger partial charge >= 0.3 is 5.97 Å². The van der Waals surface area contributed by atoms with Gasteiger partial charge in [-0.1, -0.05) is 13.8 Å². The Morgan fingerprint density at radius 1 is 1.23 bits per heavy atom. The van der Waals surface area contributed by atoms with Crippen LogP contribution in [0.4, 0.5) is 0 Å². The molecule has 1 saturated heterocycles. The number of aromatic amines is 1. The molecule has 1 aliphatic rings. The number of likely N-dealkylation sites (tertiary alicyclic amines) is 1. The lowest BCUT2D eigenvalue weighted by molar-refractivity contribution is -0.143. The predicted molar refractivity (Wildman–Crippen MR) is 124 cm³/mol. The van der Waals surface area contributed by atoms with Crippen LogP contribution in [0.25, 0.3) is 0 Å². The summed E-state index contributed by atoms with van der Waals surface area (Å²) in [6.07, 6.45) is 4.11. The van der Waals surface area contributed by atoms with E-state index >= 15 is 0 Å². The number of nitrogens with two attached hydrogens (primary N) is 2. The molecular weight excluding hydrogens is 458 g/mol. The Balaban J connectivity index is 2.09. The number of aromatic nitrogens is 2. The van der Waals surface area contributed by atoms with E-state index in [1.807, 2.05) is 13.8 Å². The Bertz CT molecular complexity index is 904. The first kappa shape index (κ1) is 27.8. The number of carboxylic acid groups (broad SMARTS) is 1. The highest BCUT2D eigenvalue weighted by Gasteiger charge is 2.38. The minimum absolute atomic E-state index is 0.000845. The molecule has 8 N–H and O–H groups in total. The summed E-state index contributed by atoms with van der Waals surface area (Å²) in [6, 6.07) is -4.07. The summed E-state index contributed by atoms with van der Waals surface area (Å²) in [7, 11) is 0. The van der Waals surface area contributed by atoms with Gasteiger partial charge < -0.3 is 37.1 Å². The van der Waals surface area contributed by atoms with Gasteiger partial charge in [-0.3, -0.25) is 19.2 Å². The number of nitrogens with zero attached hydrogens (tertiary/aromatic N) is 2. The average molecular weight is 494 g/mol. The number of hydrogen-bond donors (Lipinski definition) is 6. The topological polar surface area (TPSA) is 214 Å². The van der Waals surface area contributed by atoms with Crippen molar-refractivity contribution in [2.24, 2.45) is 17.4 Å². The third-order valence-electron chi connectivity index (χ3n) is 5.78. The van der Waals surface area contributed by atoms with Crippen molar-refractivity contribution in [2.45, 2.75) is 76.5 Å². The smallest absolute Gasteiger partial charge is 0.326 e. The summed E-state index contributed by atoms with van der Waals surface area (Å²) in [5, 5.41) is 14.4. The van der Waals surface area contributed by atoms with Gasteiger partial charge in [-0.15, -0.1) is 0 Å². The van der Waals surface area contributed by atoms with Gasteiger partial charge in [0.2, 0.25) is 23.6 Å². The summed E-state index contributed by atoms with van der Waals surface area (Å²) in [6.45, 7) is 3.97. The van der Waals surface area contributed by atoms with E-state index in [1.165, 1.54) is 11.2 Å². The van der Waals surface area contributed by atoms with E-state index < -0.39 is 53.8 Å². The average Bonchev–Trinajstić information content (AvgIpc) is 3.46. The quantitative estimate of drug-likeness (QED) is 0.192. The first-order valence-electron chi connectivity index (χ1n) is 11.6. The first-order valence-corrected chi connectivity index (χ1v) is 11.6. The van der Waals surface area contributed by atoms with Gasteiger partial charge in [0.15, 0.2) is 0 Å². The number of nitrogens with one attached hydrogen (secondary N) is 3. The fraction of sp³-hybridized carbons (Fsp3) is 0.636. The predicted octanol–water partition coefficient (Wildman–Crippen LogP) is -1.36. The minimum Gasteiger partial charge on any atom is -0.480 e. The van der Waals surface area contributed by atoms with Gasteiger partial charge in [0.05, 0.1) is 12.4 Å². The monoisotopic (exact) mass is 493 g/mol. The third kappa shape index (κ3) is 8.35. The van der Waals surface area contributed by atoms with Crippen LogP contribution < -0.4 is 22.1 Å². The molecule has 0 aliphatic carbocycles. The van der Waals surface area contributed by atoms with Gasteiger partial charge in [0, 0.05) is 31.3 Å². The number of aliphatic carboxylic acids is 1. The van der Waals surface area contributed by atoms with Gasteiger partial charge in [0.1, 0.15) is 18.1 Å². The van der Waals surface area contributed by atoms with Crippen molar-refractivity contribution in [1.82, 2.24) is 25.5 Å². The number of rotatable bonds is 13. The van der Waals surface area contributed by atoms with Gasteiger partial charge in [-0.05, 0) is 31.6 Å². The Kier molecular flexibility index (Phi) is 10.2. The van der Waals surface area contributed by atoms with E-state index in [-0.39, 0.29) is 31.6 Å². The SMILES string of the molecule is CC(C)CC(NC(=O)C(CCC(N)=O)NC(=O)C1CCCN1C(=O)C(N)Cc1cnc[nH]1)C(=O)O. The van der Waals surface area contributed by atoms with E-state index in [0.717, 1.165) is 0 Å². The van der Waals surface area contributed by atoms with Crippen molar-refractivity contribution >= 4 is 29.6 Å². The molecular formula is C22H35N7O6. The Morgan fingerprint density at radius 3 is 2.51 bits per heavy atom. The molecule has 35 heavy (non-hydrogen) atoms. The number of H-pyrrole nitrogens is 1. The molecule has 2 rings (SSSR count). The molecule has 0 radical (unpaired) electrons. The van der Waals surface area contributed by atoms with Crippen LogP contribution >= 0.6 is 0 Å². The molecule has 1 fully saturated rings. The van der Waals surface area contributed by atoms with Crippen molar-refractivity contribution in [3.05, 3.63) is 18.2 Å². The zero-order valence-corrected chi connectivity index (χ0v) is 20.0. The van der Waals surface area contributed by atoms with Crippen molar-refractivity contribution < 1.29 is 29.1 Å². The fourth-order valence-electron chi connectivity index (χ4n) is 4.03. The van der Waals surface area contributed by atoms with Crippen LogP contribution in [-0.4, -0.2) is 80.3 Å². The highest BCUT2D eigenvalue weighted by atomic mass is 16.4. The number of carboxylic acids is 1. The molecule has 0 spiro atoms. The Hall–Kier alpha value is -3.48. The van der Waals surface area contributed by atoms with Crippen LogP contribution in [0.2, 0.25) is 0 Å². The molecule has 0 aromatic carbocycles. The first-order chi connectivity index (χ1) is 16.5. The van der Waals surface area contributed by atoms with Crippen molar-refractivity contribution in [3.8, 4) is 0 Å². The molecule has 4 unspecified atom stereocenters. The van der Waals surface area contributed by atoms with Gasteiger partial charge in [0.25, 0.3) is 0 Å². The lowest BCUT2D eigenvalue weighted by Gasteiger charge is -2.28. The molecule has 1 aromatic heterocycles. The second-order valence-electron chi connectivity index (χ2n) is 9.17. The molecule has 4 amide bonds. The largest absolute Gasteiger partial charge is 0.480 e. The number of primary amides is 1. The van der Waals surface area contributed by atoms with Crippen LogP contribution in [0.5, 0.6) is 0 Å². The van der Waals surface area contributed by atoms with E-state index in [4.69, 9.17) is 11.5 Å². The summed E-state index contributed by atoms with van der Waals surface area (Å²) >= 11 is 0. The molecule has 1 aromatic rings. The zero-order chi connectivity index (χ0) is 26.1. The number of carbonyl (C=O) groups excluding carboxylic acids is 4. The van der Waals surface area contributed by atoms with Crippen LogP contribution in [0.3, 0.4) is 0 Å². The van der Waals surface area contributed by atoms with E-state index in [9.17, 15) is 29.1 Å². The second kappa shape index (κ2) is 12.8. The van der Waals surface area contributed by atoms with Crippen LogP contribution in [-0.2, 0) is 30.4 Å².